The van der Waals surface area contributed by atoms with Gasteiger partial charge in [0.2, 0.25) is 0 Å². The molecule has 0 heterocycles. The van der Waals surface area contributed by atoms with E-state index in [1.165, 1.54) is 35.1 Å². The maximum Gasteiger partial charge on any atom is 0.261 e. The van der Waals surface area contributed by atoms with Gasteiger partial charge in [0.1, 0.15) is 5.75 Å². The second-order valence-corrected chi connectivity index (χ2v) is 7.22. The average molecular weight is 351 g/mol. The van der Waals surface area contributed by atoms with E-state index in [-0.39, 0.29) is 11.9 Å². The molecule has 2 aromatic rings. The lowest BCUT2D eigenvalue weighted by Gasteiger charge is -2.23. The second-order valence-electron chi connectivity index (χ2n) is 7.22. The SMILES string of the molecule is CC[C@H](NC(=O)[C@H](C)Oc1ccc2c(c1)CCCC2)c1ccccc1C. The molecule has 0 radical (unpaired) electrons. The summed E-state index contributed by atoms with van der Waals surface area (Å²) in [7, 11) is 0. The van der Waals surface area contributed by atoms with Crippen molar-refractivity contribution in [2.75, 3.05) is 0 Å². The third-order valence-corrected chi connectivity index (χ3v) is 5.29. The second kappa shape index (κ2) is 8.39. The van der Waals surface area contributed by atoms with Gasteiger partial charge in [-0.15, -0.1) is 0 Å². The van der Waals surface area contributed by atoms with Crippen LogP contribution in [0.25, 0.3) is 0 Å². The third-order valence-electron chi connectivity index (χ3n) is 5.29. The Kier molecular flexibility index (Phi) is 5.97. The van der Waals surface area contributed by atoms with Gasteiger partial charge in [0.15, 0.2) is 6.10 Å². The largest absolute Gasteiger partial charge is 0.481 e. The van der Waals surface area contributed by atoms with Gasteiger partial charge in [0.05, 0.1) is 6.04 Å². The Labute approximate surface area is 156 Å². The summed E-state index contributed by atoms with van der Waals surface area (Å²) in [6.45, 7) is 5.99. The fraction of sp³-hybridized carbons (Fsp3) is 0.435. The first-order chi connectivity index (χ1) is 12.6. The summed E-state index contributed by atoms with van der Waals surface area (Å²) in [5, 5.41) is 3.14. The quantitative estimate of drug-likeness (QED) is 0.803. The molecule has 138 valence electrons. The van der Waals surface area contributed by atoms with Crippen molar-refractivity contribution in [3.8, 4) is 5.75 Å². The van der Waals surface area contributed by atoms with Crippen molar-refractivity contribution in [2.24, 2.45) is 0 Å². The summed E-state index contributed by atoms with van der Waals surface area (Å²) >= 11 is 0. The van der Waals surface area contributed by atoms with Gasteiger partial charge in [-0.25, -0.2) is 0 Å². The molecule has 0 spiro atoms. The summed E-state index contributed by atoms with van der Waals surface area (Å²) in [5.41, 5.74) is 5.16. The number of amides is 1. The molecular formula is C23H29NO2. The van der Waals surface area contributed by atoms with Crippen LogP contribution in [0, 0.1) is 6.92 Å². The fourth-order valence-corrected chi connectivity index (χ4v) is 3.71. The first-order valence-electron chi connectivity index (χ1n) is 9.73. The number of benzene rings is 2. The molecule has 0 aliphatic heterocycles. The van der Waals surface area contributed by atoms with Crippen LogP contribution in [-0.4, -0.2) is 12.0 Å². The predicted molar refractivity (Wildman–Crippen MR) is 106 cm³/mol. The van der Waals surface area contributed by atoms with Crippen LogP contribution in [0.2, 0.25) is 0 Å². The monoisotopic (exact) mass is 351 g/mol. The highest BCUT2D eigenvalue weighted by Gasteiger charge is 2.20. The number of fused-ring (bicyclic) bond motifs is 1. The number of aryl methyl sites for hydroxylation is 3. The molecule has 0 unspecified atom stereocenters. The van der Waals surface area contributed by atoms with Crippen molar-refractivity contribution in [3.05, 3.63) is 64.7 Å². The van der Waals surface area contributed by atoms with Crippen LogP contribution in [0.4, 0.5) is 0 Å². The van der Waals surface area contributed by atoms with Gasteiger partial charge in [0, 0.05) is 0 Å². The van der Waals surface area contributed by atoms with Crippen molar-refractivity contribution in [1.82, 2.24) is 5.32 Å². The van der Waals surface area contributed by atoms with Crippen molar-refractivity contribution in [1.29, 1.82) is 0 Å². The minimum atomic E-state index is -0.519. The van der Waals surface area contributed by atoms with Crippen LogP contribution >= 0.6 is 0 Å². The van der Waals surface area contributed by atoms with Gasteiger partial charge in [0.25, 0.3) is 5.91 Å². The molecule has 1 N–H and O–H groups in total. The van der Waals surface area contributed by atoms with Gasteiger partial charge < -0.3 is 10.1 Å². The van der Waals surface area contributed by atoms with Crippen molar-refractivity contribution >= 4 is 5.91 Å². The van der Waals surface area contributed by atoms with Crippen molar-refractivity contribution in [2.45, 2.75) is 65.0 Å². The highest BCUT2D eigenvalue weighted by molar-refractivity contribution is 5.81. The summed E-state index contributed by atoms with van der Waals surface area (Å²) < 4.78 is 5.94. The molecule has 3 rings (SSSR count). The molecule has 3 nitrogen and oxygen atoms in total. The molecule has 0 bridgehead atoms. The molecule has 2 aromatic carbocycles. The third kappa shape index (κ3) is 4.27. The Balaban J connectivity index is 1.65. The molecule has 1 aliphatic rings. The molecule has 0 saturated heterocycles. The first-order valence-corrected chi connectivity index (χ1v) is 9.73. The first kappa shape index (κ1) is 18.5. The molecule has 1 amide bonds. The maximum absolute atomic E-state index is 12.7. The lowest BCUT2D eigenvalue weighted by Crippen LogP contribution is -2.38. The van der Waals surface area contributed by atoms with Gasteiger partial charge in [-0.05, 0) is 80.3 Å². The number of ether oxygens (including phenoxy) is 1. The van der Waals surface area contributed by atoms with Crippen LogP contribution in [0.3, 0.4) is 0 Å². The highest BCUT2D eigenvalue weighted by atomic mass is 16.5. The normalized spacial score (nSPS) is 15.7. The van der Waals surface area contributed by atoms with Gasteiger partial charge in [-0.1, -0.05) is 37.3 Å². The van der Waals surface area contributed by atoms with E-state index < -0.39 is 6.10 Å². The minimum Gasteiger partial charge on any atom is -0.481 e. The molecule has 0 fully saturated rings. The van der Waals surface area contributed by atoms with Gasteiger partial charge in [-0.3, -0.25) is 4.79 Å². The zero-order valence-corrected chi connectivity index (χ0v) is 16.0. The molecule has 1 aliphatic carbocycles. The molecule has 2 atom stereocenters. The fourth-order valence-electron chi connectivity index (χ4n) is 3.71. The molecule has 0 aromatic heterocycles. The number of rotatable bonds is 6. The maximum atomic E-state index is 12.7. The van der Waals surface area contributed by atoms with Crippen LogP contribution in [-0.2, 0) is 17.6 Å². The van der Waals surface area contributed by atoms with E-state index in [0.717, 1.165) is 25.0 Å². The molecular weight excluding hydrogens is 322 g/mol. The Hall–Kier alpha value is -2.29. The molecule has 26 heavy (non-hydrogen) atoms. The Bertz CT molecular complexity index is 769. The lowest BCUT2D eigenvalue weighted by molar-refractivity contribution is -0.128. The summed E-state index contributed by atoms with van der Waals surface area (Å²) in [4.78, 5) is 12.7. The van der Waals surface area contributed by atoms with Gasteiger partial charge >= 0.3 is 0 Å². The van der Waals surface area contributed by atoms with Crippen LogP contribution in [0.5, 0.6) is 5.75 Å². The topological polar surface area (TPSA) is 38.3 Å². The van der Waals surface area contributed by atoms with E-state index in [0.29, 0.717) is 0 Å². The predicted octanol–water partition coefficient (Wildman–Crippen LogP) is 4.91. The smallest absolute Gasteiger partial charge is 0.261 e. The average Bonchev–Trinajstić information content (AvgIpc) is 2.66. The summed E-state index contributed by atoms with van der Waals surface area (Å²) in [6.07, 6.45) is 5.10. The van der Waals surface area contributed by atoms with E-state index >= 15 is 0 Å². The number of hydrogen-bond donors (Lipinski definition) is 1. The lowest BCUT2D eigenvalue weighted by atomic mass is 9.92. The number of carbonyl (C=O) groups excluding carboxylic acids is 1. The number of hydrogen-bond acceptors (Lipinski definition) is 2. The van der Waals surface area contributed by atoms with Crippen LogP contribution in [0.15, 0.2) is 42.5 Å². The van der Waals surface area contributed by atoms with E-state index in [9.17, 15) is 4.79 Å². The van der Waals surface area contributed by atoms with E-state index in [2.05, 4.69) is 43.4 Å². The summed E-state index contributed by atoms with van der Waals surface area (Å²) in [6, 6.07) is 14.5. The summed E-state index contributed by atoms with van der Waals surface area (Å²) in [5.74, 6) is 0.718. The number of carbonyl (C=O) groups is 1. The number of nitrogens with one attached hydrogen (secondary N) is 1. The standard InChI is InChI=1S/C23H29NO2/c1-4-22(21-12-8-5-9-16(21)2)24-23(25)17(3)26-20-14-13-18-10-6-7-11-19(18)15-20/h5,8-9,12-15,17,22H,4,6-7,10-11H2,1-3H3,(H,24,25)/t17-,22-/m0/s1. The van der Waals surface area contributed by atoms with Crippen molar-refractivity contribution in [3.63, 3.8) is 0 Å². The zero-order valence-electron chi connectivity index (χ0n) is 16.0. The van der Waals surface area contributed by atoms with E-state index in [4.69, 9.17) is 4.74 Å². The van der Waals surface area contributed by atoms with Crippen LogP contribution < -0.4 is 10.1 Å². The Morgan fingerprint density at radius 2 is 1.85 bits per heavy atom. The van der Waals surface area contributed by atoms with Gasteiger partial charge in [-0.2, -0.15) is 0 Å². The van der Waals surface area contributed by atoms with E-state index in [1.807, 2.05) is 25.1 Å². The van der Waals surface area contributed by atoms with Crippen molar-refractivity contribution < 1.29 is 9.53 Å². The highest BCUT2D eigenvalue weighted by Crippen LogP contribution is 2.26. The van der Waals surface area contributed by atoms with E-state index in [1.54, 1.807) is 0 Å². The minimum absolute atomic E-state index is 0.0123. The zero-order chi connectivity index (χ0) is 18.5. The van der Waals surface area contributed by atoms with Crippen LogP contribution in [0.1, 0.15) is 61.4 Å². The molecule has 0 saturated carbocycles. The Morgan fingerprint density at radius 3 is 2.58 bits per heavy atom. The Morgan fingerprint density at radius 1 is 1.12 bits per heavy atom. The molecule has 3 heteroatoms.